The molecule has 1 atom stereocenters. The van der Waals surface area contributed by atoms with Crippen LogP contribution in [0.25, 0.3) is 0 Å². The molecule has 0 spiro atoms. The van der Waals surface area contributed by atoms with E-state index in [0.717, 1.165) is 45.0 Å². The number of hydrogen-bond acceptors (Lipinski definition) is 6. The monoisotopic (exact) mass is 239 g/mol. The van der Waals surface area contributed by atoms with E-state index in [-0.39, 0.29) is 6.10 Å². The summed E-state index contributed by atoms with van der Waals surface area (Å²) in [6, 6.07) is 0. The maximum Gasteiger partial charge on any atom is 0.257 e. The zero-order chi connectivity index (χ0) is 11.5. The van der Waals surface area contributed by atoms with Crippen molar-refractivity contribution in [2.75, 3.05) is 32.9 Å². The highest BCUT2D eigenvalue weighted by Crippen LogP contribution is 2.26. The minimum Gasteiger partial charge on any atom is -0.381 e. The largest absolute Gasteiger partial charge is 0.381 e. The Morgan fingerprint density at radius 3 is 2.82 bits per heavy atom. The third-order valence-electron chi connectivity index (χ3n) is 3.25. The minimum absolute atomic E-state index is 0.0927. The molecule has 94 valence electrons. The average Bonchev–Trinajstić information content (AvgIpc) is 2.90. The quantitative estimate of drug-likeness (QED) is 0.816. The van der Waals surface area contributed by atoms with Gasteiger partial charge in [-0.3, -0.25) is 0 Å². The van der Waals surface area contributed by atoms with E-state index < -0.39 is 0 Å². The molecule has 2 saturated heterocycles. The van der Waals surface area contributed by atoms with Crippen molar-refractivity contribution in [1.82, 2.24) is 15.5 Å². The topological polar surface area (TPSA) is 69.4 Å². The van der Waals surface area contributed by atoms with Gasteiger partial charge in [-0.1, -0.05) is 5.16 Å². The summed E-state index contributed by atoms with van der Waals surface area (Å²) in [5.41, 5.74) is 0. The molecule has 6 heteroatoms. The lowest BCUT2D eigenvalue weighted by molar-refractivity contribution is 0.00755. The van der Waals surface area contributed by atoms with Gasteiger partial charge in [0.2, 0.25) is 0 Å². The SMILES string of the molecule is C1COC(c2nc(C3CCOCC3)no2)CN1. The third kappa shape index (κ3) is 2.48. The number of rotatable bonds is 2. The molecule has 2 fully saturated rings. The first-order chi connectivity index (χ1) is 8.43. The first-order valence-electron chi connectivity index (χ1n) is 6.17. The summed E-state index contributed by atoms with van der Waals surface area (Å²) >= 11 is 0. The number of nitrogens with one attached hydrogen (secondary N) is 1. The Labute approximate surface area is 99.7 Å². The van der Waals surface area contributed by atoms with Crippen molar-refractivity contribution in [3.05, 3.63) is 11.7 Å². The zero-order valence-electron chi connectivity index (χ0n) is 9.72. The molecule has 6 nitrogen and oxygen atoms in total. The number of aromatic nitrogens is 2. The third-order valence-corrected chi connectivity index (χ3v) is 3.25. The Hall–Kier alpha value is -0.980. The summed E-state index contributed by atoms with van der Waals surface area (Å²) in [6.07, 6.45) is 1.86. The Bertz CT molecular complexity index is 324. The van der Waals surface area contributed by atoms with Crippen LogP contribution in [0.4, 0.5) is 0 Å². The fraction of sp³-hybridized carbons (Fsp3) is 0.818. The summed E-state index contributed by atoms with van der Waals surface area (Å²) in [5, 5.41) is 7.31. The summed E-state index contributed by atoms with van der Waals surface area (Å²) in [7, 11) is 0. The van der Waals surface area contributed by atoms with Crippen molar-refractivity contribution in [2.45, 2.75) is 24.9 Å². The van der Waals surface area contributed by atoms with Crippen LogP contribution in [0, 0.1) is 0 Å². The zero-order valence-corrected chi connectivity index (χ0v) is 9.72. The molecule has 2 aliphatic heterocycles. The maximum absolute atomic E-state index is 5.58. The van der Waals surface area contributed by atoms with Gasteiger partial charge < -0.3 is 19.3 Å². The molecular formula is C11H17N3O3. The Balaban J connectivity index is 1.68. The van der Waals surface area contributed by atoms with Crippen LogP contribution in [-0.2, 0) is 9.47 Å². The summed E-state index contributed by atoms with van der Waals surface area (Å²) in [5.74, 6) is 1.77. The lowest BCUT2D eigenvalue weighted by atomic mass is 10.00. The van der Waals surface area contributed by atoms with E-state index >= 15 is 0 Å². The first kappa shape index (κ1) is 11.1. The molecule has 2 aliphatic rings. The van der Waals surface area contributed by atoms with E-state index in [1.54, 1.807) is 0 Å². The lowest BCUT2D eigenvalue weighted by Gasteiger charge is -2.20. The molecule has 1 aromatic rings. The van der Waals surface area contributed by atoms with Crippen LogP contribution in [0.5, 0.6) is 0 Å². The van der Waals surface area contributed by atoms with Crippen molar-refractivity contribution in [3.8, 4) is 0 Å². The number of ether oxygens (including phenoxy) is 2. The van der Waals surface area contributed by atoms with E-state index in [1.165, 1.54) is 0 Å². The summed E-state index contributed by atoms with van der Waals surface area (Å²) in [4.78, 5) is 4.46. The van der Waals surface area contributed by atoms with Crippen LogP contribution < -0.4 is 5.32 Å². The molecule has 3 heterocycles. The number of morpholine rings is 1. The number of nitrogens with zero attached hydrogens (tertiary/aromatic N) is 2. The van der Waals surface area contributed by atoms with E-state index in [1.807, 2.05) is 0 Å². The van der Waals surface area contributed by atoms with Gasteiger partial charge in [0.05, 0.1) is 6.61 Å². The molecule has 0 amide bonds. The smallest absolute Gasteiger partial charge is 0.257 e. The van der Waals surface area contributed by atoms with Gasteiger partial charge in [0, 0.05) is 32.2 Å². The Kier molecular flexibility index (Phi) is 3.35. The molecule has 17 heavy (non-hydrogen) atoms. The molecule has 1 N–H and O–H groups in total. The van der Waals surface area contributed by atoms with Crippen molar-refractivity contribution < 1.29 is 14.0 Å². The van der Waals surface area contributed by atoms with Gasteiger partial charge in [0.1, 0.15) is 6.10 Å². The normalized spacial score (nSPS) is 27.2. The highest BCUT2D eigenvalue weighted by molar-refractivity contribution is 4.99. The van der Waals surface area contributed by atoms with Gasteiger partial charge in [-0.15, -0.1) is 0 Å². The van der Waals surface area contributed by atoms with Gasteiger partial charge in [-0.2, -0.15) is 4.98 Å². The number of hydrogen-bond donors (Lipinski definition) is 1. The average molecular weight is 239 g/mol. The van der Waals surface area contributed by atoms with E-state index in [0.29, 0.717) is 18.4 Å². The fourth-order valence-corrected chi connectivity index (χ4v) is 2.22. The lowest BCUT2D eigenvalue weighted by Crippen LogP contribution is -2.33. The molecule has 1 aromatic heterocycles. The second-order valence-corrected chi connectivity index (χ2v) is 4.44. The molecule has 3 rings (SSSR count). The predicted octanol–water partition coefficient (Wildman–Crippen LogP) is 0.624. The molecule has 0 aromatic carbocycles. The highest BCUT2D eigenvalue weighted by Gasteiger charge is 2.26. The van der Waals surface area contributed by atoms with Crippen molar-refractivity contribution in [1.29, 1.82) is 0 Å². The maximum atomic E-state index is 5.58. The van der Waals surface area contributed by atoms with E-state index in [4.69, 9.17) is 14.0 Å². The molecule has 0 bridgehead atoms. The van der Waals surface area contributed by atoms with Gasteiger partial charge in [-0.05, 0) is 12.8 Å². The van der Waals surface area contributed by atoms with Crippen molar-refractivity contribution >= 4 is 0 Å². The van der Waals surface area contributed by atoms with E-state index in [2.05, 4.69) is 15.5 Å². The van der Waals surface area contributed by atoms with E-state index in [9.17, 15) is 0 Å². The van der Waals surface area contributed by atoms with Gasteiger partial charge in [0.15, 0.2) is 5.82 Å². The summed E-state index contributed by atoms with van der Waals surface area (Å²) < 4.78 is 16.2. The second kappa shape index (κ2) is 5.12. The first-order valence-corrected chi connectivity index (χ1v) is 6.17. The van der Waals surface area contributed by atoms with Crippen LogP contribution in [0.1, 0.15) is 36.6 Å². The van der Waals surface area contributed by atoms with Crippen LogP contribution in [0.3, 0.4) is 0 Å². The van der Waals surface area contributed by atoms with Crippen molar-refractivity contribution in [3.63, 3.8) is 0 Å². The van der Waals surface area contributed by atoms with Gasteiger partial charge >= 0.3 is 0 Å². The van der Waals surface area contributed by atoms with Gasteiger partial charge in [-0.25, -0.2) is 0 Å². The van der Waals surface area contributed by atoms with Crippen LogP contribution >= 0.6 is 0 Å². The van der Waals surface area contributed by atoms with Crippen LogP contribution in [0.15, 0.2) is 4.52 Å². The molecule has 0 radical (unpaired) electrons. The molecule has 1 unspecified atom stereocenters. The minimum atomic E-state index is -0.0927. The van der Waals surface area contributed by atoms with Gasteiger partial charge in [0.25, 0.3) is 5.89 Å². The van der Waals surface area contributed by atoms with Crippen LogP contribution in [0.2, 0.25) is 0 Å². The Morgan fingerprint density at radius 2 is 2.06 bits per heavy atom. The second-order valence-electron chi connectivity index (χ2n) is 4.44. The Morgan fingerprint density at radius 1 is 1.18 bits per heavy atom. The fourth-order valence-electron chi connectivity index (χ4n) is 2.22. The highest BCUT2D eigenvalue weighted by atomic mass is 16.5. The molecular weight excluding hydrogens is 222 g/mol. The molecule has 0 aliphatic carbocycles. The van der Waals surface area contributed by atoms with Crippen LogP contribution in [-0.4, -0.2) is 43.1 Å². The van der Waals surface area contributed by atoms with Crippen molar-refractivity contribution in [2.24, 2.45) is 0 Å². The standard InChI is InChI=1S/C11H17N3O3/c1-4-15-5-2-8(1)10-13-11(17-14-10)9-7-12-3-6-16-9/h8-9,12H,1-7H2. The molecule has 0 saturated carbocycles. The predicted molar refractivity (Wildman–Crippen MR) is 58.7 cm³/mol. The summed E-state index contributed by atoms with van der Waals surface area (Å²) in [6.45, 7) is 3.90.